The van der Waals surface area contributed by atoms with Crippen LogP contribution in [0.15, 0.2) is 107 Å². The molecule has 3 aromatic rings. The molecule has 5 N–H and O–H groups in total. The van der Waals surface area contributed by atoms with Crippen LogP contribution in [-0.2, 0) is 52.5 Å². The topological polar surface area (TPSA) is 303 Å². The zero-order valence-corrected chi connectivity index (χ0v) is 48.1. The number of aliphatic hydroxyl groups is 3. The van der Waals surface area contributed by atoms with Crippen molar-refractivity contribution < 1.29 is 112 Å². The van der Waals surface area contributed by atoms with Crippen LogP contribution in [-0.4, -0.2) is 123 Å². The molecule has 2 aliphatic heterocycles. The van der Waals surface area contributed by atoms with Gasteiger partial charge in [-0.15, -0.1) is 0 Å². The van der Waals surface area contributed by atoms with Crippen LogP contribution in [0.4, 0.5) is 0 Å². The molecular formula is C58H68N3NaO17. The summed E-state index contributed by atoms with van der Waals surface area (Å²) in [6, 6.07) is 22.1. The largest absolute Gasteiger partial charge is 1.00 e. The third-order valence-corrected chi connectivity index (χ3v) is 16.8. The summed E-state index contributed by atoms with van der Waals surface area (Å²) < 4.78 is 30.3. The maximum absolute atomic E-state index is 15.5. The molecule has 2 heterocycles. The Balaban J connectivity index is 0.000000510. The Hall–Kier alpha value is -6.13. The molecule has 3 fully saturated rings. The van der Waals surface area contributed by atoms with Crippen LogP contribution < -0.4 is 45.3 Å². The molecule has 2 saturated carbocycles. The normalized spacial score (nSPS) is 30.5. The summed E-state index contributed by atoms with van der Waals surface area (Å²) in [5, 5.41) is 53.3. The molecule has 0 spiro atoms. The van der Waals surface area contributed by atoms with Gasteiger partial charge in [-0.2, -0.15) is 0 Å². The second-order valence-corrected chi connectivity index (χ2v) is 21.5. The number of hydrogen-bond acceptors (Lipinski definition) is 17. The van der Waals surface area contributed by atoms with Crippen molar-refractivity contribution >= 4 is 53.4 Å². The van der Waals surface area contributed by atoms with E-state index in [1.807, 2.05) is 13.8 Å². The second kappa shape index (κ2) is 24.3. The van der Waals surface area contributed by atoms with Crippen LogP contribution in [0.1, 0.15) is 127 Å². The minimum atomic E-state index is -2.39. The quantitative estimate of drug-likeness (QED) is 0.0493. The molecule has 418 valence electrons. The molecule has 3 aliphatic carbocycles. The van der Waals surface area contributed by atoms with Crippen LogP contribution in [0, 0.1) is 28.1 Å². The van der Waals surface area contributed by atoms with Gasteiger partial charge in [0.1, 0.15) is 29.3 Å². The van der Waals surface area contributed by atoms with Gasteiger partial charge in [0.2, 0.25) is 5.91 Å². The monoisotopic (exact) mass is 1100 g/mol. The molecular weight excluding hydrogens is 1030 g/mol. The predicted molar refractivity (Wildman–Crippen MR) is 275 cm³/mol. The van der Waals surface area contributed by atoms with Crippen LogP contribution in [0.5, 0.6) is 0 Å². The SMILES string of the molecule is CC(=O)O[C@H]1C(=O)[C@@]2(C)[C@H]([C@H](OC(=O)c3ccccc3)[C@]3(O)C[C@H](OC(=O)[C@H](O)[C@@H](NC(=O)c4ccccc4)c4ccccc4)C(C)=C1C3(C)C)[C@]1(OC(C)=O)CO[C@@H]1C[C@@H]2O.CCCC(C)C1(CC)C(=O)N=C([O-])NC1=O.[Na+]. The summed E-state index contributed by atoms with van der Waals surface area (Å²) in [5.74, 6) is -8.04. The van der Waals surface area contributed by atoms with Gasteiger partial charge in [-0.3, -0.25) is 28.8 Å². The molecule has 21 heteroatoms. The van der Waals surface area contributed by atoms with Crippen molar-refractivity contribution in [2.45, 2.75) is 148 Å². The molecule has 2 bridgehead atoms. The average molecular weight is 1100 g/mol. The zero-order valence-electron chi connectivity index (χ0n) is 46.1. The van der Waals surface area contributed by atoms with Crippen molar-refractivity contribution in [3.05, 3.63) is 119 Å². The van der Waals surface area contributed by atoms with Crippen molar-refractivity contribution in [3.63, 3.8) is 0 Å². The number of nitrogens with one attached hydrogen (secondary N) is 2. The van der Waals surface area contributed by atoms with Crippen LogP contribution in [0.25, 0.3) is 0 Å². The van der Waals surface area contributed by atoms with E-state index < -0.39 is 136 Å². The number of amides is 3. The molecule has 2 unspecified atom stereocenters. The number of Topliss-reactive ketones (excluding diaryl/α,β-unsaturated/α-hetero) is 1. The summed E-state index contributed by atoms with van der Waals surface area (Å²) >= 11 is 0. The van der Waals surface area contributed by atoms with E-state index in [0.717, 1.165) is 26.7 Å². The van der Waals surface area contributed by atoms with Crippen LogP contribution in [0.2, 0.25) is 0 Å². The first-order valence-corrected chi connectivity index (χ1v) is 26.1. The number of ether oxygens (including phenoxy) is 5. The van der Waals surface area contributed by atoms with Crippen LogP contribution in [0.3, 0.4) is 0 Å². The van der Waals surface area contributed by atoms with Gasteiger partial charge in [-0.1, -0.05) is 108 Å². The molecule has 20 nitrogen and oxygen atoms in total. The Morgan fingerprint density at radius 1 is 0.873 bits per heavy atom. The molecule has 13 atom stereocenters. The Morgan fingerprint density at radius 3 is 1.97 bits per heavy atom. The fourth-order valence-corrected chi connectivity index (χ4v) is 12.5. The minimum Gasteiger partial charge on any atom is -0.846 e. The summed E-state index contributed by atoms with van der Waals surface area (Å²) in [7, 11) is 0. The fourth-order valence-electron chi connectivity index (χ4n) is 12.5. The summed E-state index contributed by atoms with van der Waals surface area (Å²) in [6.07, 6.45) is -8.49. The first-order valence-electron chi connectivity index (χ1n) is 26.1. The van der Waals surface area contributed by atoms with Crippen molar-refractivity contribution in [2.75, 3.05) is 6.61 Å². The summed E-state index contributed by atoms with van der Waals surface area (Å²) in [4.78, 5) is 111. The van der Waals surface area contributed by atoms with Crippen molar-refractivity contribution in [1.82, 2.24) is 10.6 Å². The van der Waals surface area contributed by atoms with Crippen LogP contribution >= 0.6 is 0 Å². The van der Waals surface area contributed by atoms with E-state index in [4.69, 9.17) is 23.7 Å². The molecule has 3 amide bonds. The third kappa shape index (κ3) is 11.2. The van der Waals surface area contributed by atoms with Gasteiger partial charge in [-0.25, -0.2) is 14.6 Å². The summed E-state index contributed by atoms with van der Waals surface area (Å²) in [6.45, 7) is 13.6. The maximum Gasteiger partial charge on any atom is 1.00 e. The predicted octanol–water partition coefficient (Wildman–Crippen LogP) is 0.931. The van der Waals surface area contributed by atoms with Gasteiger partial charge in [0.25, 0.3) is 11.8 Å². The van der Waals surface area contributed by atoms with E-state index in [1.165, 1.54) is 26.0 Å². The van der Waals surface area contributed by atoms with Crippen molar-refractivity contribution in [1.29, 1.82) is 0 Å². The molecule has 5 aliphatic rings. The first-order chi connectivity index (χ1) is 36.8. The standard InChI is InChI=1S/C47H51NO14.C11H18N2O3.Na/c1-25-31(60-43(56)36(52)35(28-16-10-7-11-17-28)48-41(54)29-18-12-8-13-19-29)23-47(57)40(61-42(55)30-20-14-9-15-21-30)38-45(6,32(51)22-33-46(38,24-58-33)62-27(3)50)39(53)37(59-26(2)49)34(25)44(47,4)5;1-4-6-7(3)11(5-2)8(14)12-10(16)13-9(11)15;/h7-21,31-33,35-38,40,51-52,57H,22-24H2,1-6H3,(H,48,54);7H,4-6H2,1-3H3,(H2,12,13,14,15,16);/q;;+1/p-1/t31-,32-,33+,35-,36+,37+,38-,40-,45+,46-,47+;;/m0../s1. The van der Waals surface area contributed by atoms with Crippen molar-refractivity contribution in [3.8, 4) is 0 Å². The van der Waals surface area contributed by atoms with Gasteiger partial charge in [0.15, 0.2) is 23.6 Å². The number of nitrogens with zero attached hydrogens (tertiary/aromatic N) is 1. The number of benzene rings is 3. The minimum absolute atomic E-state index is 0. The van der Waals surface area contributed by atoms with E-state index in [2.05, 4.69) is 15.6 Å². The number of esters is 4. The molecule has 3 aromatic carbocycles. The maximum atomic E-state index is 15.5. The van der Waals surface area contributed by atoms with Gasteiger partial charge in [-0.05, 0) is 73.6 Å². The third-order valence-electron chi connectivity index (χ3n) is 16.8. The van der Waals surface area contributed by atoms with Gasteiger partial charge < -0.3 is 54.7 Å². The Labute approximate surface area is 480 Å². The molecule has 0 aromatic heterocycles. The number of amidine groups is 1. The number of fused-ring (bicyclic) bond motifs is 5. The number of carbonyl (C=O) groups excluding carboxylic acids is 8. The number of hydrogen-bond donors (Lipinski definition) is 5. The number of aliphatic hydroxyl groups excluding tert-OH is 2. The molecule has 0 radical (unpaired) electrons. The van der Waals surface area contributed by atoms with E-state index in [0.29, 0.717) is 12.0 Å². The Morgan fingerprint density at radius 2 is 1.46 bits per heavy atom. The molecule has 1 saturated heterocycles. The molecule has 79 heavy (non-hydrogen) atoms. The van der Waals surface area contributed by atoms with Crippen molar-refractivity contribution in [2.24, 2.45) is 33.1 Å². The van der Waals surface area contributed by atoms with E-state index in [-0.39, 0.29) is 70.8 Å². The van der Waals surface area contributed by atoms with Gasteiger partial charge in [0, 0.05) is 37.7 Å². The smallest absolute Gasteiger partial charge is 0.846 e. The van der Waals surface area contributed by atoms with E-state index >= 15 is 4.79 Å². The number of carbonyl (C=O) groups is 8. The average Bonchev–Trinajstić information content (AvgIpc) is 3.40. The summed E-state index contributed by atoms with van der Waals surface area (Å²) in [5.41, 5.74) is -8.17. The van der Waals surface area contributed by atoms with Gasteiger partial charge >= 0.3 is 53.4 Å². The Bertz CT molecular complexity index is 2880. The Kier molecular flexibility index (Phi) is 19.1. The number of aliphatic imine (C=N–C) groups is 1. The zero-order chi connectivity index (χ0) is 57.3. The fraction of sp³-hybridized carbons (Fsp3) is 0.500. The second-order valence-electron chi connectivity index (χ2n) is 21.5. The van der Waals surface area contributed by atoms with E-state index in [1.54, 1.807) is 99.6 Å². The first kappa shape index (κ1) is 62.1. The number of ketones is 1. The van der Waals surface area contributed by atoms with E-state index in [9.17, 15) is 54.0 Å². The molecule has 8 rings (SSSR count). The van der Waals surface area contributed by atoms with Gasteiger partial charge in [0.05, 0.1) is 41.7 Å². The number of rotatable bonds is 14.